The van der Waals surface area contributed by atoms with E-state index in [0.29, 0.717) is 34.1 Å². The molecular formula is C18H17N3O5. The maximum absolute atomic E-state index is 12.5. The van der Waals surface area contributed by atoms with Crippen molar-refractivity contribution in [3.8, 4) is 22.9 Å². The summed E-state index contributed by atoms with van der Waals surface area (Å²) >= 11 is 0. The van der Waals surface area contributed by atoms with Gasteiger partial charge in [-0.25, -0.2) is 4.79 Å². The normalized spacial score (nSPS) is 10.4. The molecule has 0 aliphatic carbocycles. The molecule has 0 saturated carbocycles. The maximum Gasteiger partial charge on any atom is 0.439 e. The van der Waals surface area contributed by atoms with Crippen molar-refractivity contribution in [3.05, 3.63) is 58.1 Å². The number of hydrogen-bond acceptors (Lipinski definition) is 6. The van der Waals surface area contributed by atoms with Gasteiger partial charge in [0.05, 0.1) is 14.2 Å². The number of H-pyrrole nitrogens is 1. The van der Waals surface area contributed by atoms with Gasteiger partial charge in [0.1, 0.15) is 11.5 Å². The third-order valence-electron chi connectivity index (χ3n) is 3.87. The number of carbonyl (C=O) groups is 1. The van der Waals surface area contributed by atoms with Crippen LogP contribution < -0.4 is 20.5 Å². The van der Waals surface area contributed by atoms with E-state index in [1.165, 1.54) is 14.2 Å². The first-order valence-corrected chi connectivity index (χ1v) is 7.72. The number of aromatic nitrogens is 2. The van der Waals surface area contributed by atoms with Gasteiger partial charge in [-0.05, 0) is 43.3 Å². The number of benzene rings is 2. The molecule has 2 N–H and O–H groups in total. The van der Waals surface area contributed by atoms with Gasteiger partial charge in [-0.15, -0.1) is 0 Å². The molecule has 0 atom stereocenters. The zero-order valence-electron chi connectivity index (χ0n) is 14.5. The molecule has 3 aromatic rings. The van der Waals surface area contributed by atoms with Crippen LogP contribution in [-0.4, -0.2) is 30.3 Å². The van der Waals surface area contributed by atoms with Crippen LogP contribution in [0.4, 0.5) is 5.69 Å². The largest absolute Gasteiger partial charge is 0.496 e. The van der Waals surface area contributed by atoms with Gasteiger partial charge in [0.15, 0.2) is 5.82 Å². The van der Waals surface area contributed by atoms with Crippen LogP contribution >= 0.6 is 0 Å². The minimum absolute atomic E-state index is 0.302. The van der Waals surface area contributed by atoms with Crippen LogP contribution in [0, 0.1) is 6.92 Å². The fourth-order valence-corrected chi connectivity index (χ4v) is 2.49. The smallest absolute Gasteiger partial charge is 0.439 e. The molecule has 0 aliphatic heterocycles. The van der Waals surface area contributed by atoms with Gasteiger partial charge < -0.3 is 14.8 Å². The SMILES string of the molecule is COc1cc(C(=O)Nc2ccc(-c3noc(=O)[nH]3)cc2)cc(OC)c1C. The lowest BCUT2D eigenvalue weighted by Gasteiger charge is -2.13. The van der Waals surface area contributed by atoms with Gasteiger partial charge in [0.2, 0.25) is 0 Å². The predicted octanol–water partition coefficient (Wildman–Crippen LogP) is 2.61. The van der Waals surface area contributed by atoms with Crippen LogP contribution in [0.1, 0.15) is 15.9 Å². The predicted molar refractivity (Wildman–Crippen MR) is 94.8 cm³/mol. The Morgan fingerprint density at radius 1 is 1.12 bits per heavy atom. The summed E-state index contributed by atoms with van der Waals surface area (Å²) in [5, 5.41) is 6.41. The summed E-state index contributed by atoms with van der Waals surface area (Å²) in [5.41, 5.74) is 2.47. The summed E-state index contributed by atoms with van der Waals surface area (Å²) in [5.74, 6) is 0.532. The molecule has 1 amide bonds. The van der Waals surface area contributed by atoms with Crippen LogP contribution in [0.15, 0.2) is 45.7 Å². The van der Waals surface area contributed by atoms with Crippen molar-refractivity contribution >= 4 is 11.6 Å². The second kappa shape index (κ2) is 7.14. The third-order valence-corrected chi connectivity index (χ3v) is 3.87. The van der Waals surface area contributed by atoms with Gasteiger partial charge >= 0.3 is 5.76 Å². The van der Waals surface area contributed by atoms with Gasteiger partial charge in [-0.1, -0.05) is 5.16 Å². The highest BCUT2D eigenvalue weighted by molar-refractivity contribution is 6.05. The quantitative estimate of drug-likeness (QED) is 0.729. The number of methoxy groups -OCH3 is 2. The highest BCUT2D eigenvalue weighted by atomic mass is 16.5. The lowest BCUT2D eigenvalue weighted by atomic mass is 10.1. The molecule has 1 heterocycles. The van der Waals surface area contributed by atoms with Crippen LogP contribution in [0.5, 0.6) is 11.5 Å². The van der Waals surface area contributed by atoms with Crippen molar-refractivity contribution in [2.45, 2.75) is 6.92 Å². The van der Waals surface area contributed by atoms with Crippen LogP contribution in [-0.2, 0) is 0 Å². The number of hydrogen-bond donors (Lipinski definition) is 2. The molecule has 0 fully saturated rings. The van der Waals surface area contributed by atoms with Gasteiger partial charge in [0.25, 0.3) is 5.91 Å². The highest BCUT2D eigenvalue weighted by Gasteiger charge is 2.14. The number of nitrogens with zero attached hydrogens (tertiary/aromatic N) is 1. The molecule has 8 heteroatoms. The molecule has 0 saturated heterocycles. The fraction of sp³-hybridized carbons (Fsp3) is 0.167. The molecule has 8 nitrogen and oxygen atoms in total. The number of rotatable bonds is 5. The van der Waals surface area contributed by atoms with Gasteiger partial charge in [0, 0.05) is 22.4 Å². The Bertz CT molecular complexity index is 964. The summed E-state index contributed by atoms with van der Waals surface area (Å²) in [4.78, 5) is 26.0. The number of anilines is 1. The lowest BCUT2D eigenvalue weighted by molar-refractivity contribution is 0.102. The monoisotopic (exact) mass is 355 g/mol. The fourth-order valence-electron chi connectivity index (χ4n) is 2.49. The number of aromatic amines is 1. The first-order chi connectivity index (χ1) is 12.5. The third kappa shape index (κ3) is 3.44. The van der Waals surface area contributed by atoms with Crippen molar-refractivity contribution < 1.29 is 18.8 Å². The van der Waals surface area contributed by atoms with Crippen molar-refractivity contribution in [2.75, 3.05) is 19.5 Å². The molecule has 26 heavy (non-hydrogen) atoms. The second-order valence-corrected chi connectivity index (χ2v) is 5.48. The van der Waals surface area contributed by atoms with E-state index in [1.807, 2.05) is 6.92 Å². The second-order valence-electron chi connectivity index (χ2n) is 5.48. The number of ether oxygens (including phenoxy) is 2. The number of carbonyl (C=O) groups excluding carboxylic acids is 1. The van der Waals surface area contributed by atoms with Crippen LogP contribution in [0.3, 0.4) is 0 Å². The standard InChI is InChI=1S/C18H17N3O5/c1-10-14(24-2)8-12(9-15(10)25-3)17(22)19-13-6-4-11(5-7-13)16-20-18(23)26-21-16/h4-9H,1-3H3,(H,19,22)(H,20,21,23). The van der Waals surface area contributed by atoms with E-state index in [0.717, 1.165) is 5.56 Å². The molecular weight excluding hydrogens is 338 g/mol. The van der Waals surface area contributed by atoms with E-state index in [1.54, 1.807) is 36.4 Å². The molecule has 0 spiro atoms. The van der Waals surface area contributed by atoms with Crippen molar-refractivity contribution in [1.82, 2.24) is 10.1 Å². The average molecular weight is 355 g/mol. The molecule has 3 rings (SSSR count). The summed E-state index contributed by atoms with van der Waals surface area (Å²) in [6.45, 7) is 1.85. The van der Waals surface area contributed by atoms with E-state index < -0.39 is 5.76 Å². The minimum Gasteiger partial charge on any atom is -0.496 e. The average Bonchev–Trinajstić information content (AvgIpc) is 3.08. The first-order valence-electron chi connectivity index (χ1n) is 7.72. The lowest BCUT2D eigenvalue weighted by Crippen LogP contribution is -2.12. The van der Waals surface area contributed by atoms with Crippen LogP contribution in [0.25, 0.3) is 11.4 Å². The molecule has 134 valence electrons. The number of amides is 1. The molecule has 0 unspecified atom stereocenters. The van der Waals surface area contributed by atoms with Crippen molar-refractivity contribution in [2.24, 2.45) is 0 Å². The van der Waals surface area contributed by atoms with Gasteiger partial charge in [-0.2, -0.15) is 0 Å². The zero-order chi connectivity index (χ0) is 18.7. The summed E-state index contributed by atoms with van der Waals surface area (Å²) in [6, 6.07) is 10.1. The van der Waals surface area contributed by atoms with Crippen LogP contribution in [0.2, 0.25) is 0 Å². The number of nitrogens with one attached hydrogen (secondary N) is 2. The molecule has 0 radical (unpaired) electrons. The Morgan fingerprint density at radius 2 is 1.73 bits per heavy atom. The summed E-state index contributed by atoms with van der Waals surface area (Å²) in [6.07, 6.45) is 0. The minimum atomic E-state index is -0.625. The Balaban J connectivity index is 1.81. The highest BCUT2D eigenvalue weighted by Crippen LogP contribution is 2.30. The molecule has 0 bridgehead atoms. The van der Waals surface area contributed by atoms with E-state index in [-0.39, 0.29) is 5.91 Å². The van der Waals surface area contributed by atoms with Crippen molar-refractivity contribution in [1.29, 1.82) is 0 Å². The Morgan fingerprint density at radius 3 is 2.23 bits per heavy atom. The molecule has 2 aromatic carbocycles. The topological polar surface area (TPSA) is 106 Å². The van der Waals surface area contributed by atoms with E-state index in [4.69, 9.17) is 9.47 Å². The zero-order valence-corrected chi connectivity index (χ0v) is 14.5. The summed E-state index contributed by atoms with van der Waals surface area (Å²) in [7, 11) is 3.08. The van der Waals surface area contributed by atoms with E-state index in [9.17, 15) is 9.59 Å². The Kier molecular flexibility index (Phi) is 4.74. The van der Waals surface area contributed by atoms with Crippen molar-refractivity contribution in [3.63, 3.8) is 0 Å². The summed E-state index contributed by atoms with van der Waals surface area (Å²) < 4.78 is 15.1. The Labute approximate surface area is 148 Å². The first kappa shape index (κ1) is 17.3. The maximum atomic E-state index is 12.5. The Hall–Kier alpha value is -3.55. The van der Waals surface area contributed by atoms with E-state index in [2.05, 4.69) is 20.0 Å². The molecule has 0 aliphatic rings. The van der Waals surface area contributed by atoms with Gasteiger partial charge in [-0.3, -0.25) is 14.3 Å². The van der Waals surface area contributed by atoms with E-state index >= 15 is 0 Å². The molecule has 1 aromatic heterocycles.